The number of nitrogens with one attached hydrogen (secondary N) is 1. The second kappa shape index (κ2) is 10.9. The van der Waals surface area contributed by atoms with E-state index in [0.29, 0.717) is 5.56 Å². The molecule has 0 radical (unpaired) electrons. The monoisotopic (exact) mass is 577 g/mol. The van der Waals surface area contributed by atoms with Crippen molar-refractivity contribution in [3.8, 4) is 11.1 Å². The van der Waals surface area contributed by atoms with Crippen LogP contribution in [-0.4, -0.2) is 75.4 Å². The first-order chi connectivity index (χ1) is 19.0. The lowest BCUT2D eigenvalue weighted by Gasteiger charge is -2.38. The van der Waals surface area contributed by atoms with Gasteiger partial charge in [-0.15, -0.1) is 0 Å². The molecule has 1 saturated heterocycles. The number of amides is 3. The molecule has 1 saturated carbocycles. The van der Waals surface area contributed by atoms with Crippen LogP contribution in [0.1, 0.15) is 61.0 Å². The number of piperazine rings is 1. The fourth-order valence-corrected chi connectivity index (χ4v) is 4.62. The number of hydrogen-bond donors (Lipinski definition) is 3. The van der Waals surface area contributed by atoms with Crippen LogP contribution in [0.2, 0.25) is 0 Å². The minimum absolute atomic E-state index is 0.00659. The first-order valence-corrected chi connectivity index (χ1v) is 12.9. The first-order valence-electron chi connectivity index (χ1n) is 12.9. The average molecular weight is 578 g/mol. The molecule has 3 N–H and O–H groups in total. The fraction of sp³-hybridized carbons (Fsp3) is 0.429. The molecule has 220 valence electrons. The van der Waals surface area contributed by atoms with Crippen LogP contribution in [0.25, 0.3) is 11.1 Å². The maximum Gasteiger partial charge on any atom is 0.416 e. The average Bonchev–Trinajstić information content (AvgIpc) is 3.72. The molecule has 0 aromatic heterocycles. The van der Waals surface area contributed by atoms with Crippen LogP contribution >= 0.6 is 0 Å². The van der Waals surface area contributed by atoms with E-state index in [1.807, 2.05) is 0 Å². The van der Waals surface area contributed by atoms with Gasteiger partial charge in [-0.2, -0.15) is 13.2 Å². The minimum Gasteiger partial charge on any atom is -0.480 e. The van der Waals surface area contributed by atoms with Crippen molar-refractivity contribution in [2.45, 2.75) is 57.3 Å². The zero-order valence-corrected chi connectivity index (χ0v) is 22.6. The summed E-state index contributed by atoms with van der Waals surface area (Å²) in [6, 6.07) is 6.28. The second-order valence-electron chi connectivity index (χ2n) is 11.1. The molecule has 41 heavy (non-hydrogen) atoms. The number of ether oxygens (including phenoxy) is 1. The molecule has 2 aromatic rings. The number of halogens is 3. The number of aliphatic carboxylic acids is 1. The molecular weight excluding hydrogens is 547 g/mol. The molecule has 13 heteroatoms. The van der Waals surface area contributed by atoms with Crippen molar-refractivity contribution in [2.75, 3.05) is 25.0 Å². The Morgan fingerprint density at radius 2 is 1.63 bits per heavy atom. The predicted octanol–water partition coefficient (Wildman–Crippen LogP) is 5.49. The molecular formula is C28H30F3N3O7. The van der Waals surface area contributed by atoms with Crippen LogP contribution in [0.5, 0.6) is 0 Å². The Morgan fingerprint density at radius 1 is 0.951 bits per heavy atom. The lowest BCUT2D eigenvalue weighted by Crippen LogP contribution is -2.59. The van der Waals surface area contributed by atoms with E-state index in [1.54, 1.807) is 26.8 Å². The number of carboxylic acid groups (broad SMARTS) is 2. The molecule has 2 fully saturated rings. The Hall–Kier alpha value is -4.29. The number of nitrogens with zero attached hydrogens (tertiary/aromatic N) is 2. The zero-order valence-electron chi connectivity index (χ0n) is 22.6. The Morgan fingerprint density at radius 3 is 2.20 bits per heavy atom. The van der Waals surface area contributed by atoms with Gasteiger partial charge in [0.15, 0.2) is 0 Å². The van der Waals surface area contributed by atoms with E-state index in [2.05, 4.69) is 5.32 Å². The van der Waals surface area contributed by atoms with Crippen molar-refractivity contribution < 1.29 is 47.3 Å². The molecule has 0 unspecified atom stereocenters. The highest BCUT2D eigenvalue weighted by atomic mass is 19.4. The van der Waals surface area contributed by atoms with Crippen LogP contribution < -0.4 is 5.32 Å². The van der Waals surface area contributed by atoms with Crippen molar-refractivity contribution >= 4 is 29.8 Å². The third kappa shape index (κ3) is 7.08. The number of anilines is 1. The smallest absolute Gasteiger partial charge is 0.416 e. The summed E-state index contributed by atoms with van der Waals surface area (Å²) < 4.78 is 46.4. The molecule has 1 heterocycles. The molecule has 2 aliphatic rings. The molecule has 1 aliphatic heterocycles. The molecule has 3 amide bonds. The summed E-state index contributed by atoms with van der Waals surface area (Å²) in [5.41, 5.74) is -0.989. The summed E-state index contributed by atoms with van der Waals surface area (Å²) in [6.07, 6.45) is -5.31. The highest BCUT2D eigenvalue weighted by Crippen LogP contribution is 2.44. The van der Waals surface area contributed by atoms with Gasteiger partial charge >= 0.3 is 24.3 Å². The molecule has 0 spiro atoms. The third-order valence-electron chi connectivity index (χ3n) is 6.75. The lowest BCUT2D eigenvalue weighted by molar-refractivity contribution is -0.144. The van der Waals surface area contributed by atoms with Gasteiger partial charge in [-0.3, -0.25) is 10.1 Å². The maximum atomic E-state index is 13.8. The molecule has 4 rings (SSSR count). The van der Waals surface area contributed by atoms with Gasteiger partial charge < -0.3 is 24.7 Å². The van der Waals surface area contributed by atoms with Gasteiger partial charge in [0, 0.05) is 13.1 Å². The molecule has 0 bridgehead atoms. The first kappa shape index (κ1) is 29.7. The van der Waals surface area contributed by atoms with Crippen molar-refractivity contribution in [1.29, 1.82) is 0 Å². The number of rotatable bonds is 5. The third-order valence-corrected chi connectivity index (χ3v) is 6.75. The standard InChI is InChI=1S/C28H30F3N3O7/c1-27(2,3)41-25(38)32-21-7-6-16(18-10-17(15-4-5-15)11-19(12-18)28(29,30)31)13-20(21)23(35)34-9-8-33(26(39)40)14-22(34)24(36)37/h6-7,10-13,15,22H,4-5,8-9,14H2,1-3H3,(H,32,38)(H,36,37)(H,39,40)/t22-/m0/s1. The lowest BCUT2D eigenvalue weighted by atomic mass is 9.95. The summed E-state index contributed by atoms with van der Waals surface area (Å²) in [5, 5.41) is 21.5. The van der Waals surface area contributed by atoms with E-state index in [1.165, 1.54) is 18.2 Å². The summed E-state index contributed by atoms with van der Waals surface area (Å²) >= 11 is 0. The highest BCUT2D eigenvalue weighted by molar-refractivity contribution is 6.05. The number of hydrogen-bond acceptors (Lipinski definition) is 5. The SMILES string of the molecule is CC(C)(C)OC(=O)Nc1ccc(-c2cc(C3CC3)cc(C(F)(F)F)c2)cc1C(=O)N1CCN(C(=O)O)C[C@H]1C(=O)O. The highest BCUT2D eigenvalue weighted by Gasteiger charge is 2.39. The van der Waals surface area contributed by atoms with Crippen molar-refractivity contribution in [1.82, 2.24) is 9.80 Å². The normalized spacial score (nSPS) is 17.7. The number of carbonyl (C=O) groups excluding carboxylic acids is 2. The molecule has 1 aliphatic carbocycles. The topological polar surface area (TPSA) is 136 Å². The van der Waals surface area contributed by atoms with Crippen molar-refractivity contribution in [3.05, 3.63) is 53.1 Å². The van der Waals surface area contributed by atoms with Crippen LogP contribution in [0.3, 0.4) is 0 Å². The van der Waals surface area contributed by atoms with Gasteiger partial charge in [-0.25, -0.2) is 14.4 Å². The van der Waals surface area contributed by atoms with E-state index in [-0.39, 0.29) is 41.4 Å². The summed E-state index contributed by atoms with van der Waals surface area (Å²) in [4.78, 5) is 51.6. The number of benzene rings is 2. The van der Waals surface area contributed by atoms with Gasteiger partial charge in [0.1, 0.15) is 11.6 Å². The van der Waals surface area contributed by atoms with E-state index in [0.717, 1.165) is 34.8 Å². The van der Waals surface area contributed by atoms with Gasteiger partial charge in [0.2, 0.25) is 0 Å². The number of carboxylic acids is 1. The van der Waals surface area contributed by atoms with E-state index >= 15 is 0 Å². The van der Waals surface area contributed by atoms with E-state index in [4.69, 9.17) is 4.74 Å². The summed E-state index contributed by atoms with van der Waals surface area (Å²) in [5.74, 6) is -2.27. The van der Waals surface area contributed by atoms with E-state index in [9.17, 15) is 42.6 Å². The van der Waals surface area contributed by atoms with Gasteiger partial charge in [0.25, 0.3) is 5.91 Å². The molecule has 10 nitrogen and oxygen atoms in total. The number of alkyl halides is 3. The predicted molar refractivity (Wildman–Crippen MR) is 141 cm³/mol. The van der Waals surface area contributed by atoms with Crippen LogP contribution in [-0.2, 0) is 15.7 Å². The maximum absolute atomic E-state index is 13.8. The Kier molecular flexibility index (Phi) is 7.92. The van der Waals surface area contributed by atoms with Crippen molar-refractivity contribution in [3.63, 3.8) is 0 Å². The van der Waals surface area contributed by atoms with Crippen LogP contribution in [0.15, 0.2) is 36.4 Å². The Bertz CT molecular complexity index is 1380. The Labute approximate surface area is 233 Å². The van der Waals surface area contributed by atoms with Crippen LogP contribution in [0, 0.1) is 0 Å². The fourth-order valence-electron chi connectivity index (χ4n) is 4.62. The van der Waals surface area contributed by atoms with Gasteiger partial charge in [-0.05, 0) is 80.5 Å². The quantitative estimate of drug-likeness (QED) is 0.428. The Balaban J connectivity index is 1.78. The van der Waals surface area contributed by atoms with Crippen molar-refractivity contribution in [2.24, 2.45) is 0 Å². The summed E-state index contributed by atoms with van der Waals surface area (Å²) in [7, 11) is 0. The summed E-state index contributed by atoms with van der Waals surface area (Å²) in [6.45, 7) is 4.00. The second-order valence-corrected chi connectivity index (χ2v) is 11.1. The van der Waals surface area contributed by atoms with Crippen LogP contribution in [0.4, 0.5) is 28.4 Å². The number of carbonyl (C=O) groups is 4. The van der Waals surface area contributed by atoms with Gasteiger partial charge in [-0.1, -0.05) is 12.1 Å². The largest absolute Gasteiger partial charge is 0.480 e. The zero-order chi connectivity index (χ0) is 30.3. The van der Waals surface area contributed by atoms with E-state index < -0.39 is 54.0 Å². The van der Waals surface area contributed by atoms with Gasteiger partial charge in [0.05, 0.1) is 23.4 Å². The molecule has 2 aromatic carbocycles. The minimum atomic E-state index is -4.60. The molecule has 1 atom stereocenters.